The van der Waals surface area contributed by atoms with Gasteiger partial charge in [-0.25, -0.2) is 4.79 Å². The molecule has 2 N–H and O–H groups in total. The normalized spacial score (nSPS) is 14.3. The SMILES string of the molecule is CN(CCOCC1CC1)C(=O)NCCCC(=O)O. The molecule has 0 radical (unpaired) electrons. The molecule has 0 aromatic rings. The first-order valence-corrected chi connectivity index (χ1v) is 6.38. The number of amides is 2. The molecule has 0 atom stereocenters. The molecule has 0 spiro atoms. The predicted octanol–water partition coefficient (Wildman–Crippen LogP) is 0.919. The summed E-state index contributed by atoms with van der Waals surface area (Å²) in [7, 11) is 1.70. The number of carbonyl (C=O) groups is 2. The van der Waals surface area contributed by atoms with E-state index in [4.69, 9.17) is 9.84 Å². The number of carboxylic acids is 1. The maximum Gasteiger partial charge on any atom is 0.317 e. The molecule has 0 aromatic carbocycles. The summed E-state index contributed by atoms with van der Waals surface area (Å²) in [6.45, 7) is 2.29. The first-order chi connectivity index (χ1) is 8.59. The highest BCUT2D eigenvalue weighted by molar-refractivity contribution is 5.73. The lowest BCUT2D eigenvalue weighted by Crippen LogP contribution is -2.39. The summed E-state index contributed by atoms with van der Waals surface area (Å²) in [5.74, 6) is -0.105. The molecule has 6 nitrogen and oxygen atoms in total. The number of rotatable bonds is 9. The summed E-state index contributed by atoms with van der Waals surface area (Å²) in [6.07, 6.45) is 3.06. The van der Waals surface area contributed by atoms with Crippen LogP contribution in [0.15, 0.2) is 0 Å². The third-order valence-electron chi connectivity index (χ3n) is 2.81. The second-order valence-electron chi connectivity index (χ2n) is 4.67. The summed E-state index contributed by atoms with van der Waals surface area (Å²) in [5, 5.41) is 11.1. The topological polar surface area (TPSA) is 78.9 Å². The number of nitrogens with zero attached hydrogens (tertiary/aromatic N) is 1. The molecule has 2 amide bonds. The van der Waals surface area contributed by atoms with Gasteiger partial charge < -0.3 is 20.1 Å². The van der Waals surface area contributed by atoms with E-state index in [-0.39, 0.29) is 12.5 Å². The minimum atomic E-state index is -0.842. The molecule has 104 valence electrons. The monoisotopic (exact) mass is 258 g/mol. The van der Waals surface area contributed by atoms with E-state index in [2.05, 4.69) is 5.32 Å². The van der Waals surface area contributed by atoms with Gasteiger partial charge in [-0.2, -0.15) is 0 Å². The standard InChI is InChI=1S/C12H22N2O4/c1-14(7-8-18-9-10-4-5-10)12(17)13-6-2-3-11(15)16/h10H,2-9H2,1H3,(H,13,17)(H,15,16). The van der Waals surface area contributed by atoms with Crippen molar-refractivity contribution in [3.8, 4) is 0 Å². The molecule has 0 heterocycles. The average molecular weight is 258 g/mol. The first-order valence-electron chi connectivity index (χ1n) is 6.38. The van der Waals surface area contributed by atoms with Crippen molar-refractivity contribution < 1.29 is 19.4 Å². The molecule has 18 heavy (non-hydrogen) atoms. The van der Waals surface area contributed by atoms with Crippen LogP contribution in [0.3, 0.4) is 0 Å². The Kier molecular flexibility index (Phi) is 6.49. The lowest BCUT2D eigenvalue weighted by atomic mass is 10.3. The van der Waals surface area contributed by atoms with E-state index in [1.54, 1.807) is 11.9 Å². The van der Waals surface area contributed by atoms with Crippen molar-refractivity contribution in [2.24, 2.45) is 5.92 Å². The molecular formula is C12H22N2O4. The Balaban J connectivity index is 1.95. The molecule has 1 saturated carbocycles. The minimum Gasteiger partial charge on any atom is -0.481 e. The largest absolute Gasteiger partial charge is 0.481 e. The Morgan fingerprint density at radius 1 is 1.44 bits per heavy atom. The van der Waals surface area contributed by atoms with E-state index >= 15 is 0 Å². The van der Waals surface area contributed by atoms with Crippen molar-refractivity contribution in [1.82, 2.24) is 10.2 Å². The zero-order valence-electron chi connectivity index (χ0n) is 10.9. The van der Waals surface area contributed by atoms with E-state index in [1.165, 1.54) is 12.8 Å². The molecule has 1 aliphatic rings. The van der Waals surface area contributed by atoms with Gasteiger partial charge in [0.2, 0.25) is 0 Å². The number of ether oxygens (including phenoxy) is 1. The Morgan fingerprint density at radius 2 is 2.17 bits per heavy atom. The Morgan fingerprint density at radius 3 is 2.78 bits per heavy atom. The third-order valence-corrected chi connectivity index (χ3v) is 2.81. The van der Waals surface area contributed by atoms with Crippen molar-refractivity contribution in [3.05, 3.63) is 0 Å². The molecule has 0 aliphatic heterocycles. The van der Waals surface area contributed by atoms with E-state index in [9.17, 15) is 9.59 Å². The molecule has 1 aliphatic carbocycles. The van der Waals surface area contributed by atoms with E-state index in [0.717, 1.165) is 12.5 Å². The quantitative estimate of drug-likeness (QED) is 0.603. The van der Waals surface area contributed by atoms with E-state index < -0.39 is 5.97 Å². The molecule has 0 bridgehead atoms. The van der Waals surface area contributed by atoms with Crippen LogP contribution in [0.4, 0.5) is 4.79 Å². The first kappa shape index (κ1) is 14.8. The van der Waals surface area contributed by atoms with Crippen LogP contribution in [0, 0.1) is 5.92 Å². The van der Waals surface area contributed by atoms with Gasteiger partial charge in [-0.3, -0.25) is 4.79 Å². The maximum atomic E-state index is 11.5. The molecule has 6 heteroatoms. The van der Waals surface area contributed by atoms with Crippen molar-refractivity contribution in [2.45, 2.75) is 25.7 Å². The van der Waals surface area contributed by atoms with Gasteiger partial charge in [0.1, 0.15) is 0 Å². The Labute approximate surface area is 107 Å². The van der Waals surface area contributed by atoms with Gasteiger partial charge in [-0.1, -0.05) is 0 Å². The van der Waals surface area contributed by atoms with Crippen LogP contribution >= 0.6 is 0 Å². The number of likely N-dealkylation sites (N-methyl/N-ethyl adjacent to an activating group) is 1. The maximum absolute atomic E-state index is 11.5. The summed E-state index contributed by atoms with van der Waals surface area (Å²) in [6, 6.07) is -0.185. The van der Waals surface area contributed by atoms with Crippen LogP contribution in [0.2, 0.25) is 0 Å². The molecule has 0 unspecified atom stereocenters. The zero-order valence-corrected chi connectivity index (χ0v) is 10.9. The predicted molar refractivity (Wildman–Crippen MR) is 66.4 cm³/mol. The molecule has 0 saturated heterocycles. The van der Waals surface area contributed by atoms with E-state index in [0.29, 0.717) is 26.1 Å². The highest BCUT2D eigenvalue weighted by Crippen LogP contribution is 2.28. The number of aliphatic carboxylic acids is 1. The second kappa shape index (κ2) is 7.92. The fourth-order valence-corrected chi connectivity index (χ4v) is 1.41. The van der Waals surface area contributed by atoms with Crippen molar-refractivity contribution in [1.29, 1.82) is 0 Å². The number of nitrogens with one attached hydrogen (secondary N) is 1. The number of hydrogen-bond donors (Lipinski definition) is 2. The Hall–Kier alpha value is -1.30. The summed E-state index contributed by atoms with van der Waals surface area (Å²) in [4.78, 5) is 23.4. The van der Waals surface area contributed by atoms with Crippen LogP contribution in [-0.4, -0.2) is 55.4 Å². The fraction of sp³-hybridized carbons (Fsp3) is 0.833. The van der Waals surface area contributed by atoms with Crippen LogP contribution < -0.4 is 5.32 Å². The van der Waals surface area contributed by atoms with Gasteiger partial charge in [0.05, 0.1) is 6.61 Å². The van der Waals surface area contributed by atoms with E-state index in [1.807, 2.05) is 0 Å². The van der Waals surface area contributed by atoms with Crippen molar-refractivity contribution >= 4 is 12.0 Å². The number of carbonyl (C=O) groups excluding carboxylic acids is 1. The lowest BCUT2D eigenvalue weighted by molar-refractivity contribution is -0.137. The highest BCUT2D eigenvalue weighted by atomic mass is 16.5. The average Bonchev–Trinajstić information content (AvgIpc) is 3.13. The van der Waals surface area contributed by atoms with Gasteiger partial charge in [0.25, 0.3) is 0 Å². The van der Waals surface area contributed by atoms with Crippen molar-refractivity contribution in [2.75, 3.05) is 33.4 Å². The van der Waals surface area contributed by atoms with Crippen LogP contribution in [0.25, 0.3) is 0 Å². The number of urea groups is 1. The molecule has 1 fully saturated rings. The second-order valence-corrected chi connectivity index (χ2v) is 4.67. The highest BCUT2D eigenvalue weighted by Gasteiger charge is 2.21. The molecule has 1 rings (SSSR count). The van der Waals surface area contributed by atoms with Gasteiger partial charge in [-0.15, -0.1) is 0 Å². The zero-order chi connectivity index (χ0) is 13.4. The lowest BCUT2D eigenvalue weighted by Gasteiger charge is -2.17. The van der Waals surface area contributed by atoms with Crippen LogP contribution in [0.5, 0.6) is 0 Å². The van der Waals surface area contributed by atoms with Crippen molar-refractivity contribution in [3.63, 3.8) is 0 Å². The van der Waals surface area contributed by atoms with Crippen LogP contribution in [0.1, 0.15) is 25.7 Å². The summed E-state index contributed by atoms with van der Waals surface area (Å²) in [5.41, 5.74) is 0. The smallest absolute Gasteiger partial charge is 0.317 e. The number of carboxylic acid groups (broad SMARTS) is 1. The fourth-order valence-electron chi connectivity index (χ4n) is 1.41. The van der Waals surface area contributed by atoms with Gasteiger partial charge in [-0.05, 0) is 25.2 Å². The van der Waals surface area contributed by atoms with Gasteiger partial charge >= 0.3 is 12.0 Å². The number of hydrogen-bond acceptors (Lipinski definition) is 3. The summed E-state index contributed by atoms with van der Waals surface area (Å²) < 4.78 is 5.44. The minimum absolute atomic E-state index is 0.0779. The summed E-state index contributed by atoms with van der Waals surface area (Å²) >= 11 is 0. The molecular weight excluding hydrogens is 236 g/mol. The molecule has 0 aromatic heterocycles. The third kappa shape index (κ3) is 7.11. The van der Waals surface area contributed by atoms with Gasteiger partial charge in [0.15, 0.2) is 0 Å². The Bertz CT molecular complexity index is 279. The van der Waals surface area contributed by atoms with Crippen LogP contribution in [-0.2, 0) is 9.53 Å². The van der Waals surface area contributed by atoms with Gasteiger partial charge in [0, 0.05) is 33.2 Å².